The second-order valence-electron chi connectivity index (χ2n) is 6.44. The Bertz CT molecular complexity index is 986. The number of benzene rings is 3. The lowest BCUT2D eigenvalue weighted by molar-refractivity contribution is 0.0341. The van der Waals surface area contributed by atoms with Gasteiger partial charge in [0.25, 0.3) is 0 Å². The Hall–Kier alpha value is -2.52. The number of nitrogens with two attached hydrogens (primary N) is 1. The predicted octanol–water partition coefficient (Wildman–Crippen LogP) is 5.09. The van der Waals surface area contributed by atoms with E-state index in [1.807, 2.05) is 6.92 Å². The van der Waals surface area contributed by atoms with E-state index >= 15 is 0 Å². The zero-order valence-electron chi connectivity index (χ0n) is 13.9. The van der Waals surface area contributed by atoms with Gasteiger partial charge in [-0.05, 0) is 59.9 Å². The number of aryl methyl sites for hydroxylation is 2. The summed E-state index contributed by atoms with van der Waals surface area (Å²) in [5, 5.41) is 2.92. The van der Waals surface area contributed by atoms with E-state index in [1.54, 1.807) is 18.2 Å². The number of carbonyl (C=O) groups is 1. The Morgan fingerprint density at radius 2 is 1.88 bits per heavy atom. The Morgan fingerprint density at radius 1 is 1.12 bits per heavy atom. The van der Waals surface area contributed by atoms with Gasteiger partial charge in [0, 0.05) is 5.56 Å². The number of anilines is 1. The molecule has 0 fully saturated rings. The fourth-order valence-corrected chi connectivity index (χ4v) is 3.70. The molecule has 4 rings (SSSR count). The third kappa shape index (κ3) is 2.75. The molecule has 0 aliphatic heterocycles. The van der Waals surface area contributed by atoms with Crippen LogP contribution in [0, 0.1) is 0 Å². The molecule has 25 heavy (non-hydrogen) atoms. The maximum Gasteiger partial charge on any atom is 0.338 e. The molecule has 3 nitrogen and oxygen atoms in total. The molecular weight excluding hydrogens is 334 g/mol. The summed E-state index contributed by atoms with van der Waals surface area (Å²) < 4.78 is 5.69. The first kappa shape index (κ1) is 16.0. The largest absolute Gasteiger partial charge is 0.454 e. The van der Waals surface area contributed by atoms with Crippen LogP contribution in [-0.2, 0) is 17.6 Å². The van der Waals surface area contributed by atoms with Crippen molar-refractivity contribution < 1.29 is 9.53 Å². The van der Waals surface area contributed by atoms with Crippen LogP contribution in [0.2, 0.25) is 5.02 Å². The van der Waals surface area contributed by atoms with Gasteiger partial charge in [-0.15, -0.1) is 0 Å². The van der Waals surface area contributed by atoms with Gasteiger partial charge >= 0.3 is 5.97 Å². The summed E-state index contributed by atoms with van der Waals surface area (Å²) in [5.41, 5.74) is 10.3. The lowest BCUT2D eigenvalue weighted by atomic mass is 9.97. The summed E-state index contributed by atoms with van der Waals surface area (Å²) in [6.07, 6.45) is 1.80. The van der Waals surface area contributed by atoms with Gasteiger partial charge < -0.3 is 10.5 Å². The summed E-state index contributed by atoms with van der Waals surface area (Å²) in [7, 11) is 0. The van der Waals surface area contributed by atoms with E-state index in [-0.39, 0.29) is 6.10 Å². The molecule has 0 heterocycles. The van der Waals surface area contributed by atoms with E-state index in [0.29, 0.717) is 16.3 Å². The highest BCUT2D eigenvalue weighted by molar-refractivity contribution is 6.33. The molecule has 0 radical (unpaired) electrons. The topological polar surface area (TPSA) is 52.3 Å². The van der Waals surface area contributed by atoms with Crippen molar-refractivity contribution in [2.75, 3.05) is 5.73 Å². The molecule has 3 aromatic rings. The number of esters is 1. The first-order valence-electron chi connectivity index (χ1n) is 8.34. The smallest absolute Gasteiger partial charge is 0.338 e. The van der Waals surface area contributed by atoms with Gasteiger partial charge in [-0.1, -0.05) is 41.9 Å². The van der Waals surface area contributed by atoms with E-state index in [2.05, 4.69) is 30.3 Å². The Labute approximate surface area is 151 Å². The molecule has 0 amide bonds. The van der Waals surface area contributed by atoms with Crippen LogP contribution >= 0.6 is 11.6 Å². The van der Waals surface area contributed by atoms with Crippen LogP contribution in [-0.4, -0.2) is 5.97 Å². The van der Waals surface area contributed by atoms with Gasteiger partial charge in [0.1, 0.15) is 6.10 Å². The van der Waals surface area contributed by atoms with Crippen LogP contribution in [0.25, 0.3) is 10.8 Å². The van der Waals surface area contributed by atoms with Crippen molar-refractivity contribution in [3.8, 4) is 0 Å². The molecule has 0 saturated heterocycles. The van der Waals surface area contributed by atoms with Crippen molar-refractivity contribution in [1.29, 1.82) is 0 Å². The molecule has 0 spiro atoms. The number of ether oxygens (including phenoxy) is 1. The fourth-order valence-electron chi connectivity index (χ4n) is 3.59. The van der Waals surface area contributed by atoms with Gasteiger partial charge in [-0.25, -0.2) is 4.79 Å². The van der Waals surface area contributed by atoms with E-state index in [0.717, 1.165) is 18.4 Å². The standard InChI is InChI=1S/C21H18ClNO2/c1-12(25-21(24)15-8-10-18(22)19(23)11-15)16-9-7-14-6-5-13-3-2-4-17(16)20(13)14/h2-4,7-12H,5-6,23H2,1H3/t12-/m1/s1. The molecule has 0 saturated carbocycles. The molecular formula is C21H18ClNO2. The molecule has 1 atom stereocenters. The molecule has 126 valence electrons. The lowest BCUT2D eigenvalue weighted by Crippen LogP contribution is -2.10. The minimum atomic E-state index is -0.404. The lowest BCUT2D eigenvalue weighted by Gasteiger charge is -2.17. The van der Waals surface area contributed by atoms with Gasteiger partial charge in [-0.2, -0.15) is 0 Å². The zero-order valence-corrected chi connectivity index (χ0v) is 14.6. The van der Waals surface area contributed by atoms with Crippen LogP contribution in [0.15, 0.2) is 48.5 Å². The zero-order chi connectivity index (χ0) is 17.6. The molecule has 0 aromatic heterocycles. The summed E-state index contributed by atoms with van der Waals surface area (Å²) in [6.45, 7) is 1.90. The van der Waals surface area contributed by atoms with E-state index in [4.69, 9.17) is 22.1 Å². The average Bonchev–Trinajstić information content (AvgIpc) is 3.02. The van der Waals surface area contributed by atoms with Crippen molar-refractivity contribution in [1.82, 2.24) is 0 Å². The van der Waals surface area contributed by atoms with Crippen molar-refractivity contribution in [3.63, 3.8) is 0 Å². The Morgan fingerprint density at radius 3 is 2.64 bits per heavy atom. The quantitative estimate of drug-likeness (QED) is 0.528. The monoisotopic (exact) mass is 351 g/mol. The van der Waals surface area contributed by atoms with Crippen LogP contribution in [0.4, 0.5) is 5.69 Å². The number of nitrogen functional groups attached to an aromatic ring is 1. The van der Waals surface area contributed by atoms with Crippen molar-refractivity contribution in [2.45, 2.75) is 25.9 Å². The second kappa shape index (κ2) is 6.08. The summed E-state index contributed by atoms with van der Waals surface area (Å²) in [6, 6.07) is 15.4. The van der Waals surface area contributed by atoms with E-state index < -0.39 is 5.97 Å². The first-order valence-corrected chi connectivity index (χ1v) is 8.72. The van der Waals surface area contributed by atoms with Crippen LogP contribution < -0.4 is 5.73 Å². The van der Waals surface area contributed by atoms with Gasteiger partial charge in [-0.3, -0.25) is 0 Å². The highest BCUT2D eigenvalue weighted by atomic mass is 35.5. The number of rotatable bonds is 3. The van der Waals surface area contributed by atoms with Crippen molar-refractivity contribution in [3.05, 3.63) is 75.8 Å². The Kier molecular flexibility index (Phi) is 3.89. The SMILES string of the molecule is C[C@@H](OC(=O)c1ccc(Cl)c(N)c1)c1ccc2c3c(cccc13)CC2. The average molecular weight is 352 g/mol. The van der Waals surface area contributed by atoms with Crippen LogP contribution in [0.1, 0.15) is 40.1 Å². The molecule has 3 aromatic carbocycles. The molecule has 1 aliphatic rings. The van der Waals surface area contributed by atoms with Crippen LogP contribution in [0.3, 0.4) is 0 Å². The van der Waals surface area contributed by atoms with Crippen molar-refractivity contribution >= 4 is 34.0 Å². The molecule has 1 aliphatic carbocycles. The summed E-state index contributed by atoms with van der Waals surface area (Å²) in [4.78, 5) is 12.5. The number of hydrogen-bond acceptors (Lipinski definition) is 3. The maximum atomic E-state index is 12.5. The summed E-state index contributed by atoms with van der Waals surface area (Å²) in [5.74, 6) is -0.404. The third-order valence-electron chi connectivity index (χ3n) is 4.86. The van der Waals surface area contributed by atoms with Crippen molar-refractivity contribution in [2.24, 2.45) is 0 Å². The fraction of sp³-hybridized carbons (Fsp3) is 0.190. The molecule has 0 unspecified atom stereocenters. The van der Waals surface area contributed by atoms with E-state index in [1.165, 1.54) is 21.9 Å². The highest BCUT2D eigenvalue weighted by Crippen LogP contribution is 2.36. The van der Waals surface area contributed by atoms with Gasteiger partial charge in [0.15, 0.2) is 0 Å². The Balaban J connectivity index is 1.66. The number of carbonyl (C=O) groups excluding carboxylic acids is 1. The summed E-state index contributed by atoms with van der Waals surface area (Å²) >= 11 is 5.91. The highest BCUT2D eigenvalue weighted by Gasteiger charge is 2.20. The first-order chi connectivity index (χ1) is 12.0. The third-order valence-corrected chi connectivity index (χ3v) is 5.21. The maximum absolute atomic E-state index is 12.5. The number of halogens is 1. The van der Waals surface area contributed by atoms with E-state index in [9.17, 15) is 4.79 Å². The number of hydrogen-bond donors (Lipinski definition) is 1. The predicted molar refractivity (Wildman–Crippen MR) is 101 cm³/mol. The van der Waals surface area contributed by atoms with Gasteiger partial charge in [0.2, 0.25) is 0 Å². The van der Waals surface area contributed by atoms with Gasteiger partial charge in [0.05, 0.1) is 16.3 Å². The minimum absolute atomic E-state index is 0.352. The molecule has 2 N–H and O–H groups in total. The normalized spacial score (nSPS) is 13.8. The van der Waals surface area contributed by atoms with Crippen LogP contribution in [0.5, 0.6) is 0 Å². The second-order valence-corrected chi connectivity index (χ2v) is 6.84. The molecule has 0 bridgehead atoms. The molecule has 4 heteroatoms. The minimum Gasteiger partial charge on any atom is -0.454 e.